The number of hydrogen-bond donors (Lipinski definition) is 2. The molecule has 5 nitrogen and oxygen atoms in total. The second kappa shape index (κ2) is 8.56. The van der Waals surface area contributed by atoms with Crippen LogP contribution in [-0.4, -0.2) is 29.1 Å². The van der Waals surface area contributed by atoms with Gasteiger partial charge in [-0.3, -0.25) is 4.79 Å². The zero-order valence-electron chi connectivity index (χ0n) is 14.5. The van der Waals surface area contributed by atoms with Gasteiger partial charge in [-0.2, -0.15) is 0 Å². The van der Waals surface area contributed by atoms with Gasteiger partial charge < -0.3 is 15.2 Å². The van der Waals surface area contributed by atoms with Crippen molar-refractivity contribution in [1.29, 1.82) is 0 Å². The Kier molecular flexibility index (Phi) is 7.07. The van der Waals surface area contributed by atoms with Crippen LogP contribution in [0.25, 0.3) is 0 Å². The normalized spacial score (nSPS) is 13.7. The van der Waals surface area contributed by atoms with Gasteiger partial charge in [0.2, 0.25) is 0 Å². The molecule has 0 aliphatic heterocycles. The summed E-state index contributed by atoms with van der Waals surface area (Å²) in [7, 11) is 0. The van der Waals surface area contributed by atoms with Crippen LogP contribution in [0, 0.1) is 18.8 Å². The van der Waals surface area contributed by atoms with Crippen molar-refractivity contribution in [3.63, 3.8) is 0 Å². The second-order valence-electron chi connectivity index (χ2n) is 6.63. The van der Waals surface area contributed by atoms with Crippen molar-refractivity contribution in [2.45, 2.75) is 53.2 Å². The van der Waals surface area contributed by atoms with E-state index in [0.717, 1.165) is 5.56 Å². The number of aliphatic carboxylic acids is 1. The van der Waals surface area contributed by atoms with Gasteiger partial charge in [-0.15, -0.1) is 0 Å². The number of carboxylic acids is 1. The number of amides is 1. The Morgan fingerprint density at radius 2 is 1.87 bits per heavy atom. The fourth-order valence-corrected chi connectivity index (χ4v) is 2.27. The van der Waals surface area contributed by atoms with Crippen molar-refractivity contribution in [3.8, 4) is 5.75 Å². The van der Waals surface area contributed by atoms with E-state index in [1.54, 1.807) is 6.07 Å². The van der Waals surface area contributed by atoms with Crippen molar-refractivity contribution in [2.75, 3.05) is 0 Å². The Labute approximate surface area is 138 Å². The third-order valence-corrected chi connectivity index (χ3v) is 3.44. The number of rotatable bonds is 8. The minimum Gasteiger partial charge on any atom is -0.480 e. The molecule has 0 aliphatic carbocycles. The number of benzene rings is 1. The standard InChI is InChI=1S/C18H27NO4/c1-11(2)9-15(18(21)22)19-17(20)16(12(3)4)23-14-8-6-7-13(5)10-14/h6-8,10-12,15-16H,9H2,1-5H3,(H,19,20)(H,21,22). The summed E-state index contributed by atoms with van der Waals surface area (Å²) in [6, 6.07) is 6.55. The predicted molar refractivity (Wildman–Crippen MR) is 89.5 cm³/mol. The van der Waals surface area contributed by atoms with Crippen molar-refractivity contribution in [3.05, 3.63) is 29.8 Å². The van der Waals surface area contributed by atoms with E-state index in [-0.39, 0.29) is 11.8 Å². The Morgan fingerprint density at radius 3 is 2.35 bits per heavy atom. The van der Waals surface area contributed by atoms with E-state index in [1.165, 1.54) is 0 Å². The molecule has 1 aromatic carbocycles. The van der Waals surface area contributed by atoms with Gasteiger partial charge in [0, 0.05) is 0 Å². The quantitative estimate of drug-likeness (QED) is 0.772. The van der Waals surface area contributed by atoms with Gasteiger partial charge in [0.15, 0.2) is 6.10 Å². The summed E-state index contributed by atoms with van der Waals surface area (Å²) in [5, 5.41) is 11.9. The summed E-state index contributed by atoms with van der Waals surface area (Å²) in [5.74, 6) is -0.718. The van der Waals surface area contributed by atoms with Crippen LogP contribution in [0.15, 0.2) is 24.3 Å². The molecule has 2 unspecified atom stereocenters. The van der Waals surface area contributed by atoms with E-state index in [0.29, 0.717) is 12.2 Å². The van der Waals surface area contributed by atoms with Crippen LogP contribution in [0.1, 0.15) is 39.7 Å². The summed E-state index contributed by atoms with van der Waals surface area (Å²) in [6.45, 7) is 9.54. The highest BCUT2D eigenvalue weighted by molar-refractivity contribution is 5.86. The molecule has 0 bridgehead atoms. The van der Waals surface area contributed by atoms with Gasteiger partial charge in [0.05, 0.1) is 0 Å². The molecule has 0 aromatic heterocycles. The molecule has 0 saturated heterocycles. The topological polar surface area (TPSA) is 75.6 Å². The monoisotopic (exact) mass is 321 g/mol. The third-order valence-electron chi connectivity index (χ3n) is 3.44. The van der Waals surface area contributed by atoms with Crippen LogP contribution in [-0.2, 0) is 9.59 Å². The summed E-state index contributed by atoms with van der Waals surface area (Å²) >= 11 is 0. The zero-order chi connectivity index (χ0) is 17.6. The molecule has 0 heterocycles. The fraction of sp³-hybridized carbons (Fsp3) is 0.556. The van der Waals surface area contributed by atoms with Gasteiger partial charge in [-0.25, -0.2) is 4.79 Å². The van der Waals surface area contributed by atoms with Crippen molar-refractivity contribution in [2.24, 2.45) is 11.8 Å². The van der Waals surface area contributed by atoms with E-state index in [2.05, 4.69) is 5.32 Å². The Hall–Kier alpha value is -2.04. The van der Waals surface area contributed by atoms with Gasteiger partial charge >= 0.3 is 5.97 Å². The summed E-state index contributed by atoms with van der Waals surface area (Å²) in [5.41, 5.74) is 1.04. The SMILES string of the molecule is Cc1cccc(OC(C(=O)NC(CC(C)C)C(=O)O)C(C)C)c1. The molecule has 0 saturated carbocycles. The van der Waals surface area contributed by atoms with Crippen molar-refractivity contribution >= 4 is 11.9 Å². The third kappa shape index (κ3) is 6.30. The lowest BCUT2D eigenvalue weighted by Crippen LogP contribution is -2.49. The maximum Gasteiger partial charge on any atom is 0.326 e. The highest BCUT2D eigenvalue weighted by Crippen LogP contribution is 2.18. The summed E-state index contributed by atoms with van der Waals surface area (Å²) < 4.78 is 5.80. The molecular formula is C18H27NO4. The molecule has 128 valence electrons. The molecule has 1 amide bonds. The van der Waals surface area contributed by atoms with Crippen LogP contribution in [0.3, 0.4) is 0 Å². The van der Waals surface area contributed by atoms with Crippen LogP contribution in [0.2, 0.25) is 0 Å². The highest BCUT2D eigenvalue weighted by atomic mass is 16.5. The first-order chi connectivity index (χ1) is 10.7. The lowest BCUT2D eigenvalue weighted by Gasteiger charge is -2.24. The molecule has 1 aromatic rings. The predicted octanol–water partition coefficient (Wildman–Crippen LogP) is 3.01. The van der Waals surface area contributed by atoms with Crippen LogP contribution >= 0.6 is 0 Å². The lowest BCUT2D eigenvalue weighted by molar-refractivity contribution is -0.144. The average molecular weight is 321 g/mol. The molecule has 1 rings (SSSR count). The van der Waals surface area contributed by atoms with Gasteiger partial charge in [0.25, 0.3) is 5.91 Å². The van der Waals surface area contributed by atoms with Crippen molar-refractivity contribution in [1.82, 2.24) is 5.32 Å². The maximum atomic E-state index is 12.5. The molecular weight excluding hydrogens is 294 g/mol. The first-order valence-electron chi connectivity index (χ1n) is 7.97. The summed E-state index contributed by atoms with van der Waals surface area (Å²) in [4.78, 5) is 23.8. The number of nitrogens with one attached hydrogen (secondary N) is 1. The van der Waals surface area contributed by atoms with E-state index < -0.39 is 24.0 Å². The van der Waals surface area contributed by atoms with Gasteiger partial charge in [0.1, 0.15) is 11.8 Å². The maximum absolute atomic E-state index is 12.5. The van der Waals surface area contributed by atoms with Crippen molar-refractivity contribution < 1.29 is 19.4 Å². The molecule has 2 atom stereocenters. The largest absolute Gasteiger partial charge is 0.480 e. The first-order valence-corrected chi connectivity index (χ1v) is 7.97. The van der Waals surface area contributed by atoms with Crippen LogP contribution in [0.5, 0.6) is 5.75 Å². The molecule has 0 fully saturated rings. The highest BCUT2D eigenvalue weighted by Gasteiger charge is 2.29. The number of carbonyl (C=O) groups excluding carboxylic acids is 1. The van der Waals surface area contributed by atoms with Crippen LogP contribution in [0.4, 0.5) is 0 Å². The number of hydrogen-bond acceptors (Lipinski definition) is 3. The first kappa shape index (κ1) is 19.0. The fourth-order valence-electron chi connectivity index (χ4n) is 2.27. The van der Waals surface area contributed by atoms with E-state index >= 15 is 0 Å². The Morgan fingerprint density at radius 1 is 1.22 bits per heavy atom. The second-order valence-corrected chi connectivity index (χ2v) is 6.63. The Bertz CT molecular complexity index is 540. The molecule has 0 radical (unpaired) electrons. The smallest absolute Gasteiger partial charge is 0.326 e. The van der Waals surface area contributed by atoms with E-state index in [1.807, 2.05) is 52.8 Å². The zero-order valence-corrected chi connectivity index (χ0v) is 14.5. The molecule has 5 heteroatoms. The average Bonchev–Trinajstić information content (AvgIpc) is 2.43. The minimum atomic E-state index is -1.02. The molecule has 0 spiro atoms. The van der Waals surface area contributed by atoms with Crippen LogP contribution < -0.4 is 10.1 Å². The van der Waals surface area contributed by atoms with E-state index in [9.17, 15) is 14.7 Å². The lowest BCUT2D eigenvalue weighted by atomic mass is 10.0. The van der Waals surface area contributed by atoms with E-state index in [4.69, 9.17) is 4.74 Å². The van der Waals surface area contributed by atoms with Gasteiger partial charge in [-0.05, 0) is 42.9 Å². The van der Waals surface area contributed by atoms with Gasteiger partial charge in [-0.1, -0.05) is 39.8 Å². The Balaban J connectivity index is 2.83. The molecule has 23 heavy (non-hydrogen) atoms. The minimum absolute atomic E-state index is 0.0796. The number of ether oxygens (including phenoxy) is 1. The molecule has 2 N–H and O–H groups in total. The number of carboxylic acid groups (broad SMARTS) is 1. The molecule has 0 aliphatic rings. The number of carbonyl (C=O) groups is 2. The number of aryl methyl sites for hydroxylation is 1. The summed E-state index contributed by atoms with van der Waals surface area (Å²) in [6.07, 6.45) is -0.345.